The second kappa shape index (κ2) is 13.1. The lowest BCUT2D eigenvalue weighted by atomic mass is 9.96. The minimum absolute atomic E-state index is 1.15. The summed E-state index contributed by atoms with van der Waals surface area (Å²) in [5.41, 5.74) is 18.2. The van der Waals surface area contributed by atoms with Crippen LogP contribution in [0.4, 0.5) is 0 Å². The van der Waals surface area contributed by atoms with Crippen molar-refractivity contribution in [3.05, 3.63) is 224 Å². The summed E-state index contributed by atoms with van der Waals surface area (Å²) in [5, 5.41) is 10.1. The van der Waals surface area contributed by atoms with Crippen LogP contribution in [0.3, 0.4) is 0 Å². The topological polar surface area (TPSA) is 14.3 Å². The Morgan fingerprint density at radius 3 is 1.16 bits per heavy atom. The molecule has 0 aliphatic heterocycles. The molecule has 4 aromatic heterocycles. The van der Waals surface area contributed by atoms with E-state index in [9.17, 15) is 0 Å². The van der Waals surface area contributed by atoms with Gasteiger partial charge in [0.1, 0.15) is 0 Å². The predicted molar refractivity (Wildman–Crippen MR) is 266 cm³/mol. The average Bonchev–Trinajstić information content (AvgIpc) is 4.08. The molecule has 292 valence electrons. The molecule has 14 aromatic rings. The number of nitrogens with zero attached hydrogens (tertiary/aromatic N) is 3. The summed E-state index contributed by atoms with van der Waals surface area (Å²) in [4.78, 5) is 0. The van der Waals surface area contributed by atoms with Crippen molar-refractivity contribution in [3.8, 4) is 44.8 Å². The molecule has 4 heterocycles. The van der Waals surface area contributed by atoms with Gasteiger partial charge in [0.15, 0.2) is 0 Å². The first-order chi connectivity index (χ1) is 31.2. The van der Waals surface area contributed by atoms with Gasteiger partial charge in [-0.1, -0.05) is 133 Å². The Morgan fingerprint density at radius 2 is 0.587 bits per heavy atom. The zero-order chi connectivity index (χ0) is 41.2. The monoisotopic (exact) mass is 799 g/mol. The summed E-state index contributed by atoms with van der Waals surface area (Å²) < 4.78 is 7.29. The van der Waals surface area contributed by atoms with Crippen LogP contribution >= 0.6 is 0 Å². The van der Waals surface area contributed by atoms with E-state index < -0.39 is 0 Å². The molecule has 3 heteroatoms. The molecule has 0 saturated heterocycles. The maximum Gasteiger partial charge on any atom is 0.0620 e. The van der Waals surface area contributed by atoms with Gasteiger partial charge in [0.25, 0.3) is 0 Å². The van der Waals surface area contributed by atoms with Crippen molar-refractivity contribution in [1.82, 2.24) is 13.5 Å². The highest BCUT2D eigenvalue weighted by Crippen LogP contribution is 2.44. The van der Waals surface area contributed by atoms with Gasteiger partial charge in [-0.05, 0) is 124 Å². The number of para-hydroxylation sites is 4. The van der Waals surface area contributed by atoms with E-state index in [1.54, 1.807) is 0 Å². The van der Waals surface area contributed by atoms with Crippen molar-refractivity contribution in [1.29, 1.82) is 0 Å². The molecule has 0 unspecified atom stereocenters. The van der Waals surface area contributed by atoms with Crippen molar-refractivity contribution in [3.63, 3.8) is 0 Å². The van der Waals surface area contributed by atoms with E-state index in [0.717, 1.165) is 5.69 Å². The standard InChI is InChI=1S/C60H37N3/c1-4-14-38(15-5-1)42-24-28-48-53-36-43(35-52-47-21-11-13-23-55(47)63(60(52)53)59(48)37-42)41-27-31-58-51(34-41)50-33-40(26-30-57(50)62(58)45-18-8-3-9-19-45)39-25-29-56-49(32-39)46-20-10-12-22-54(46)61(56)44-16-6-2-7-17-44/h1-37H. The second-order valence-electron chi connectivity index (χ2n) is 16.9. The molecule has 0 atom stereocenters. The van der Waals surface area contributed by atoms with E-state index >= 15 is 0 Å². The molecule has 0 spiro atoms. The Balaban J connectivity index is 0.983. The van der Waals surface area contributed by atoms with Crippen molar-refractivity contribution in [2.75, 3.05) is 0 Å². The molecule has 0 amide bonds. The molecule has 0 aliphatic carbocycles. The summed E-state index contributed by atoms with van der Waals surface area (Å²) in [6.07, 6.45) is 0. The Bertz CT molecular complexity index is 4110. The van der Waals surface area contributed by atoms with Gasteiger partial charge < -0.3 is 13.5 Å². The zero-order valence-corrected chi connectivity index (χ0v) is 34.2. The summed E-state index contributed by atoms with van der Waals surface area (Å²) in [6, 6.07) is 82.7. The van der Waals surface area contributed by atoms with E-state index in [0.29, 0.717) is 0 Å². The lowest BCUT2D eigenvalue weighted by Gasteiger charge is -2.09. The minimum atomic E-state index is 1.15. The van der Waals surface area contributed by atoms with Gasteiger partial charge in [0, 0.05) is 54.5 Å². The Morgan fingerprint density at radius 1 is 0.206 bits per heavy atom. The highest BCUT2D eigenvalue weighted by molar-refractivity contribution is 6.25. The van der Waals surface area contributed by atoms with Crippen LogP contribution in [-0.4, -0.2) is 13.5 Å². The smallest absolute Gasteiger partial charge is 0.0620 e. The lowest BCUT2D eigenvalue weighted by Crippen LogP contribution is -1.93. The molecule has 0 aliphatic rings. The van der Waals surface area contributed by atoms with Crippen molar-refractivity contribution in [2.24, 2.45) is 0 Å². The van der Waals surface area contributed by atoms with E-state index in [1.807, 2.05) is 0 Å². The lowest BCUT2D eigenvalue weighted by molar-refractivity contribution is 1.18. The molecule has 0 N–H and O–H groups in total. The van der Waals surface area contributed by atoms with Crippen LogP contribution in [0.2, 0.25) is 0 Å². The average molecular weight is 800 g/mol. The molecule has 0 fully saturated rings. The predicted octanol–water partition coefficient (Wildman–Crippen LogP) is 16.0. The Hall–Kier alpha value is -8.40. The number of rotatable bonds is 5. The molecule has 10 aromatic carbocycles. The fourth-order valence-electron chi connectivity index (χ4n) is 10.7. The van der Waals surface area contributed by atoms with E-state index in [2.05, 4.69) is 238 Å². The van der Waals surface area contributed by atoms with E-state index in [1.165, 1.54) is 121 Å². The van der Waals surface area contributed by atoms with Gasteiger partial charge in [-0.3, -0.25) is 0 Å². The summed E-state index contributed by atoms with van der Waals surface area (Å²) >= 11 is 0. The number of benzene rings is 10. The van der Waals surface area contributed by atoms with Gasteiger partial charge in [-0.25, -0.2) is 0 Å². The summed E-state index contributed by atoms with van der Waals surface area (Å²) in [5.74, 6) is 0. The third-order valence-corrected chi connectivity index (χ3v) is 13.5. The third-order valence-electron chi connectivity index (χ3n) is 13.5. The maximum atomic E-state index is 2.49. The molecular weight excluding hydrogens is 763 g/mol. The van der Waals surface area contributed by atoms with Crippen LogP contribution in [0.5, 0.6) is 0 Å². The molecule has 14 rings (SSSR count). The minimum Gasteiger partial charge on any atom is -0.309 e. The van der Waals surface area contributed by atoms with Crippen molar-refractivity contribution >= 4 is 81.7 Å². The molecule has 0 saturated carbocycles. The van der Waals surface area contributed by atoms with Gasteiger partial charge in [-0.2, -0.15) is 0 Å². The first-order valence-electron chi connectivity index (χ1n) is 21.8. The Labute approximate surface area is 362 Å². The highest BCUT2D eigenvalue weighted by atomic mass is 15.0. The summed E-state index contributed by atoms with van der Waals surface area (Å²) in [7, 11) is 0. The van der Waals surface area contributed by atoms with Crippen LogP contribution in [-0.2, 0) is 0 Å². The Kier molecular flexibility index (Phi) is 7.11. The SMILES string of the molecule is c1ccc(-c2ccc3c4cc(-c5ccc6c(c5)c5cc(-c7ccc8c(c7)c7ccccc7n8-c7ccccc7)ccc5n6-c5ccccc5)cc5c6ccccc6n(c3c2)c54)cc1. The molecule has 63 heavy (non-hydrogen) atoms. The van der Waals surface area contributed by atoms with Crippen LogP contribution in [0.25, 0.3) is 126 Å². The van der Waals surface area contributed by atoms with Gasteiger partial charge in [0.05, 0.1) is 38.6 Å². The largest absolute Gasteiger partial charge is 0.309 e. The van der Waals surface area contributed by atoms with Crippen molar-refractivity contribution in [2.45, 2.75) is 0 Å². The highest BCUT2D eigenvalue weighted by Gasteiger charge is 2.21. The zero-order valence-electron chi connectivity index (χ0n) is 34.2. The van der Waals surface area contributed by atoms with E-state index in [4.69, 9.17) is 0 Å². The molecule has 0 bridgehead atoms. The fraction of sp³-hybridized carbons (Fsp3) is 0. The molecule has 0 radical (unpaired) electrons. The molecule has 3 nitrogen and oxygen atoms in total. The van der Waals surface area contributed by atoms with Crippen LogP contribution in [0.15, 0.2) is 224 Å². The quantitative estimate of drug-likeness (QED) is 0.165. The van der Waals surface area contributed by atoms with Crippen LogP contribution < -0.4 is 0 Å². The first kappa shape index (κ1) is 34.3. The van der Waals surface area contributed by atoms with Gasteiger partial charge >= 0.3 is 0 Å². The second-order valence-corrected chi connectivity index (χ2v) is 16.9. The third kappa shape index (κ3) is 4.96. The van der Waals surface area contributed by atoms with Crippen LogP contribution in [0, 0.1) is 0 Å². The number of hydrogen-bond acceptors (Lipinski definition) is 0. The molecular formula is C60H37N3. The number of aromatic nitrogens is 3. The van der Waals surface area contributed by atoms with Crippen LogP contribution in [0.1, 0.15) is 0 Å². The van der Waals surface area contributed by atoms with Crippen molar-refractivity contribution < 1.29 is 0 Å². The number of fused-ring (bicyclic) bond motifs is 12. The summed E-state index contributed by atoms with van der Waals surface area (Å²) in [6.45, 7) is 0. The van der Waals surface area contributed by atoms with Gasteiger partial charge in [-0.15, -0.1) is 0 Å². The normalized spacial score (nSPS) is 12.1. The maximum absolute atomic E-state index is 2.49. The fourth-order valence-corrected chi connectivity index (χ4v) is 10.7. The van der Waals surface area contributed by atoms with Gasteiger partial charge in [0.2, 0.25) is 0 Å². The van der Waals surface area contributed by atoms with E-state index in [-0.39, 0.29) is 0 Å². The number of hydrogen-bond donors (Lipinski definition) is 0. The first-order valence-corrected chi connectivity index (χ1v) is 21.8.